The van der Waals surface area contributed by atoms with Gasteiger partial charge in [-0.3, -0.25) is 9.59 Å². The van der Waals surface area contributed by atoms with Gasteiger partial charge in [0.15, 0.2) is 5.16 Å². The number of carbonyl (C=O) groups is 2. The SMILES string of the molecule is C[C@@H](NC(=O)CSc1nnc(CC(=O)Nc2ccccc2F)n1C)c1ccccc1. The van der Waals surface area contributed by atoms with E-state index in [1.165, 1.54) is 23.9 Å². The predicted molar refractivity (Wildman–Crippen MR) is 113 cm³/mol. The number of hydrogen-bond acceptors (Lipinski definition) is 5. The Kier molecular flexibility index (Phi) is 7.18. The molecule has 30 heavy (non-hydrogen) atoms. The summed E-state index contributed by atoms with van der Waals surface area (Å²) in [5.74, 6) is -0.440. The monoisotopic (exact) mass is 427 g/mol. The van der Waals surface area contributed by atoms with E-state index in [9.17, 15) is 14.0 Å². The maximum Gasteiger partial charge on any atom is 0.232 e. The fraction of sp³-hybridized carbons (Fsp3) is 0.238. The van der Waals surface area contributed by atoms with E-state index in [4.69, 9.17) is 0 Å². The second-order valence-corrected chi connectivity index (χ2v) is 7.59. The smallest absolute Gasteiger partial charge is 0.232 e. The average molecular weight is 428 g/mol. The molecule has 0 radical (unpaired) electrons. The van der Waals surface area contributed by atoms with Crippen molar-refractivity contribution >= 4 is 29.3 Å². The molecule has 2 N–H and O–H groups in total. The summed E-state index contributed by atoms with van der Waals surface area (Å²) in [5.41, 5.74) is 1.14. The van der Waals surface area contributed by atoms with E-state index in [2.05, 4.69) is 20.8 Å². The molecule has 1 atom stereocenters. The summed E-state index contributed by atoms with van der Waals surface area (Å²) in [6.45, 7) is 1.92. The topological polar surface area (TPSA) is 88.9 Å². The standard InChI is InChI=1S/C21H22FN5O2S/c1-14(15-8-4-3-5-9-15)23-20(29)13-30-21-26-25-18(27(21)2)12-19(28)24-17-11-7-6-10-16(17)22/h3-11,14H,12-13H2,1-2H3,(H,23,29)(H,24,28)/t14-/m1/s1. The first-order valence-electron chi connectivity index (χ1n) is 9.34. The summed E-state index contributed by atoms with van der Waals surface area (Å²) in [4.78, 5) is 24.4. The number of aromatic nitrogens is 3. The molecule has 2 amide bonds. The highest BCUT2D eigenvalue weighted by atomic mass is 32.2. The first-order valence-corrected chi connectivity index (χ1v) is 10.3. The number of rotatable bonds is 8. The normalized spacial score (nSPS) is 11.7. The molecule has 0 fully saturated rings. The Morgan fingerprint density at radius 2 is 1.77 bits per heavy atom. The van der Waals surface area contributed by atoms with Crippen LogP contribution in [-0.2, 0) is 23.1 Å². The van der Waals surface area contributed by atoms with Gasteiger partial charge in [-0.2, -0.15) is 0 Å². The Labute approximate surface area is 178 Å². The van der Waals surface area contributed by atoms with Crippen LogP contribution in [0.15, 0.2) is 59.8 Å². The van der Waals surface area contributed by atoms with Crippen molar-refractivity contribution in [1.82, 2.24) is 20.1 Å². The quantitative estimate of drug-likeness (QED) is 0.539. The van der Waals surface area contributed by atoms with Gasteiger partial charge in [0.2, 0.25) is 11.8 Å². The molecule has 0 unspecified atom stereocenters. The summed E-state index contributed by atoms with van der Waals surface area (Å²) in [6, 6.07) is 15.5. The molecule has 1 heterocycles. The van der Waals surface area contributed by atoms with E-state index in [1.807, 2.05) is 37.3 Å². The zero-order valence-electron chi connectivity index (χ0n) is 16.6. The Hall–Kier alpha value is -3.20. The van der Waals surface area contributed by atoms with Gasteiger partial charge < -0.3 is 15.2 Å². The lowest BCUT2D eigenvalue weighted by Gasteiger charge is -2.14. The number of anilines is 1. The second-order valence-electron chi connectivity index (χ2n) is 6.65. The highest BCUT2D eigenvalue weighted by Gasteiger charge is 2.16. The van der Waals surface area contributed by atoms with Gasteiger partial charge in [0.1, 0.15) is 11.6 Å². The molecule has 1 aromatic heterocycles. The van der Waals surface area contributed by atoms with Crippen molar-refractivity contribution in [3.05, 3.63) is 71.8 Å². The third-order valence-electron chi connectivity index (χ3n) is 4.40. The van der Waals surface area contributed by atoms with E-state index in [-0.39, 0.29) is 29.8 Å². The molecule has 0 spiro atoms. The molecule has 0 aliphatic heterocycles. The lowest BCUT2D eigenvalue weighted by atomic mass is 10.1. The predicted octanol–water partition coefficient (Wildman–Crippen LogP) is 3.10. The largest absolute Gasteiger partial charge is 0.349 e. The molecule has 3 rings (SSSR count). The molecule has 0 saturated heterocycles. The number of halogens is 1. The van der Waals surface area contributed by atoms with Crippen molar-refractivity contribution in [2.45, 2.75) is 24.5 Å². The summed E-state index contributed by atoms with van der Waals surface area (Å²) in [5, 5.41) is 14.0. The molecule has 7 nitrogen and oxygen atoms in total. The zero-order chi connectivity index (χ0) is 21.5. The maximum atomic E-state index is 13.7. The van der Waals surface area contributed by atoms with Crippen LogP contribution in [0.4, 0.5) is 10.1 Å². The third-order valence-corrected chi connectivity index (χ3v) is 5.42. The van der Waals surface area contributed by atoms with E-state index in [0.29, 0.717) is 11.0 Å². The maximum absolute atomic E-state index is 13.7. The minimum absolute atomic E-state index is 0.0599. The molecule has 3 aromatic rings. The van der Waals surface area contributed by atoms with Crippen LogP contribution in [0.2, 0.25) is 0 Å². The Bertz CT molecular complexity index is 1030. The Morgan fingerprint density at radius 1 is 1.07 bits per heavy atom. The Morgan fingerprint density at radius 3 is 2.50 bits per heavy atom. The van der Waals surface area contributed by atoms with Gasteiger partial charge in [-0.1, -0.05) is 54.2 Å². The number of para-hydroxylation sites is 1. The molecular weight excluding hydrogens is 405 g/mol. The third kappa shape index (κ3) is 5.66. The number of thioether (sulfide) groups is 1. The summed E-state index contributed by atoms with van der Waals surface area (Å²) in [7, 11) is 1.72. The Balaban J connectivity index is 1.52. The first kappa shape index (κ1) is 21.5. The fourth-order valence-corrected chi connectivity index (χ4v) is 3.50. The number of amides is 2. The minimum Gasteiger partial charge on any atom is -0.349 e. The highest BCUT2D eigenvalue weighted by molar-refractivity contribution is 7.99. The molecule has 156 valence electrons. The van der Waals surface area contributed by atoms with Crippen LogP contribution >= 0.6 is 11.8 Å². The van der Waals surface area contributed by atoms with E-state index in [1.54, 1.807) is 23.7 Å². The summed E-state index contributed by atoms with van der Waals surface area (Å²) in [6.07, 6.45) is -0.0599. The van der Waals surface area contributed by atoms with Gasteiger partial charge in [0.25, 0.3) is 0 Å². The molecule has 2 aromatic carbocycles. The van der Waals surface area contributed by atoms with Gasteiger partial charge in [-0.15, -0.1) is 10.2 Å². The van der Waals surface area contributed by atoms with Crippen LogP contribution < -0.4 is 10.6 Å². The molecule has 9 heteroatoms. The van der Waals surface area contributed by atoms with Gasteiger partial charge in [-0.25, -0.2) is 4.39 Å². The lowest BCUT2D eigenvalue weighted by molar-refractivity contribution is -0.119. The number of nitrogens with one attached hydrogen (secondary N) is 2. The van der Waals surface area contributed by atoms with E-state index >= 15 is 0 Å². The van der Waals surface area contributed by atoms with Crippen molar-refractivity contribution in [1.29, 1.82) is 0 Å². The molecule has 0 aliphatic carbocycles. The lowest BCUT2D eigenvalue weighted by Crippen LogP contribution is -2.28. The summed E-state index contributed by atoms with van der Waals surface area (Å²) < 4.78 is 15.3. The molecule has 0 bridgehead atoms. The van der Waals surface area contributed by atoms with Crippen LogP contribution in [0.3, 0.4) is 0 Å². The van der Waals surface area contributed by atoms with Gasteiger partial charge >= 0.3 is 0 Å². The number of hydrogen-bond donors (Lipinski definition) is 2. The average Bonchev–Trinajstić information content (AvgIpc) is 3.08. The molecule has 0 aliphatic rings. The first-order chi connectivity index (χ1) is 14.4. The molecule has 0 saturated carbocycles. The van der Waals surface area contributed by atoms with Crippen molar-refractivity contribution in [3.8, 4) is 0 Å². The van der Waals surface area contributed by atoms with Crippen LogP contribution in [0.25, 0.3) is 0 Å². The summed E-state index contributed by atoms with van der Waals surface area (Å²) >= 11 is 1.23. The second kappa shape index (κ2) is 10.0. The minimum atomic E-state index is -0.504. The van der Waals surface area contributed by atoms with Crippen LogP contribution in [0.1, 0.15) is 24.4 Å². The zero-order valence-corrected chi connectivity index (χ0v) is 17.4. The van der Waals surface area contributed by atoms with Crippen LogP contribution in [0, 0.1) is 5.82 Å². The number of carbonyl (C=O) groups excluding carboxylic acids is 2. The van der Waals surface area contributed by atoms with Crippen molar-refractivity contribution in [2.75, 3.05) is 11.1 Å². The van der Waals surface area contributed by atoms with Gasteiger partial charge in [0, 0.05) is 7.05 Å². The van der Waals surface area contributed by atoms with Crippen LogP contribution in [-0.4, -0.2) is 32.3 Å². The fourth-order valence-electron chi connectivity index (χ4n) is 2.76. The van der Waals surface area contributed by atoms with E-state index in [0.717, 1.165) is 5.56 Å². The van der Waals surface area contributed by atoms with Crippen molar-refractivity contribution < 1.29 is 14.0 Å². The van der Waals surface area contributed by atoms with Crippen LogP contribution in [0.5, 0.6) is 0 Å². The molecular formula is C21H22FN5O2S. The van der Waals surface area contributed by atoms with Crippen molar-refractivity contribution in [3.63, 3.8) is 0 Å². The number of nitrogens with zero attached hydrogens (tertiary/aromatic N) is 3. The number of benzene rings is 2. The van der Waals surface area contributed by atoms with Gasteiger partial charge in [0.05, 0.1) is 23.9 Å². The highest BCUT2D eigenvalue weighted by Crippen LogP contribution is 2.18. The van der Waals surface area contributed by atoms with Gasteiger partial charge in [-0.05, 0) is 24.6 Å². The van der Waals surface area contributed by atoms with E-state index < -0.39 is 11.7 Å². The van der Waals surface area contributed by atoms with Crippen molar-refractivity contribution in [2.24, 2.45) is 7.05 Å².